The Hall–Kier alpha value is -1.63. The van der Waals surface area contributed by atoms with Gasteiger partial charge in [-0.05, 0) is 34.6 Å². The van der Waals surface area contributed by atoms with Crippen molar-refractivity contribution >= 4 is 28.3 Å². The predicted octanol–water partition coefficient (Wildman–Crippen LogP) is 2.17. The second kappa shape index (κ2) is 6.89. The molecular weight excluding hydrogens is 290 g/mol. The van der Waals surface area contributed by atoms with Crippen LogP contribution in [0.5, 0.6) is 0 Å². The fourth-order valence-electron chi connectivity index (χ4n) is 1.79. The van der Waals surface area contributed by atoms with Crippen molar-refractivity contribution < 1.29 is 14.7 Å². The van der Waals surface area contributed by atoms with Crippen LogP contribution in [-0.2, 0) is 15.0 Å². The molecule has 1 amide bonds. The number of carboxylic acid groups (broad SMARTS) is 1. The molecule has 0 saturated heterocycles. The number of carbonyl (C=O) groups excluding carboxylic acids is 1. The number of amides is 1. The van der Waals surface area contributed by atoms with Crippen LogP contribution in [0, 0.1) is 0 Å². The van der Waals surface area contributed by atoms with Crippen molar-refractivity contribution in [3.63, 3.8) is 0 Å². The molecule has 0 saturated carbocycles. The summed E-state index contributed by atoms with van der Waals surface area (Å²) in [4.78, 5) is 29.4. The van der Waals surface area contributed by atoms with E-state index >= 15 is 0 Å². The molecule has 1 aromatic rings. The lowest BCUT2D eigenvalue weighted by Crippen LogP contribution is -2.41. The highest BCUT2D eigenvalue weighted by molar-refractivity contribution is 7.13. The Morgan fingerprint density at radius 3 is 2.48 bits per heavy atom. The van der Waals surface area contributed by atoms with Crippen LogP contribution in [-0.4, -0.2) is 46.0 Å². The molecule has 0 bridgehead atoms. The Balaban J connectivity index is 2.79. The van der Waals surface area contributed by atoms with Gasteiger partial charge in [0, 0.05) is 18.5 Å². The highest BCUT2D eigenvalue weighted by Gasteiger charge is 2.32. The molecular formula is C14H23N3O3S. The maximum atomic E-state index is 12.2. The molecule has 0 aliphatic heterocycles. The number of anilines is 1. The normalized spacial score (nSPS) is 12.8. The molecule has 1 rings (SSSR count). The monoisotopic (exact) mass is 313 g/mol. The van der Waals surface area contributed by atoms with Gasteiger partial charge >= 0.3 is 5.97 Å². The topological polar surface area (TPSA) is 82.5 Å². The summed E-state index contributed by atoms with van der Waals surface area (Å²) < 4.78 is 0. The average molecular weight is 313 g/mol. The molecule has 118 valence electrons. The van der Waals surface area contributed by atoms with E-state index in [9.17, 15) is 14.7 Å². The Morgan fingerprint density at radius 2 is 2.00 bits per heavy atom. The third-order valence-corrected chi connectivity index (χ3v) is 4.24. The van der Waals surface area contributed by atoms with Crippen molar-refractivity contribution in [2.24, 2.45) is 0 Å². The van der Waals surface area contributed by atoms with Gasteiger partial charge in [0.2, 0.25) is 5.91 Å². The SMILES string of the molecule is CCN(CC)C(=O)C(C)Nc1nc(C(C)(C)C(=O)O)cs1. The number of aromatic nitrogens is 1. The van der Waals surface area contributed by atoms with Crippen molar-refractivity contribution in [2.75, 3.05) is 18.4 Å². The molecule has 1 atom stereocenters. The quantitative estimate of drug-likeness (QED) is 0.806. The van der Waals surface area contributed by atoms with Gasteiger partial charge in [-0.25, -0.2) is 4.98 Å². The first-order valence-corrected chi connectivity index (χ1v) is 7.86. The van der Waals surface area contributed by atoms with Crippen molar-refractivity contribution in [3.8, 4) is 0 Å². The van der Waals surface area contributed by atoms with Crippen molar-refractivity contribution in [2.45, 2.75) is 46.1 Å². The summed E-state index contributed by atoms with van der Waals surface area (Å²) in [5.74, 6) is -0.916. The molecule has 0 aromatic carbocycles. The summed E-state index contributed by atoms with van der Waals surface area (Å²) in [5, 5.41) is 14.5. The Kier molecular flexibility index (Phi) is 5.71. The van der Waals surface area contributed by atoms with Crippen LogP contribution in [0.3, 0.4) is 0 Å². The van der Waals surface area contributed by atoms with E-state index in [0.29, 0.717) is 23.9 Å². The Bertz CT molecular complexity index is 509. The maximum absolute atomic E-state index is 12.2. The van der Waals surface area contributed by atoms with Crippen LogP contribution in [0.15, 0.2) is 5.38 Å². The van der Waals surface area contributed by atoms with E-state index in [1.807, 2.05) is 13.8 Å². The number of aliphatic carboxylic acids is 1. The molecule has 1 aromatic heterocycles. The highest BCUT2D eigenvalue weighted by atomic mass is 32.1. The van der Waals surface area contributed by atoms with E-state index < -0.39 is 17.4 Å². The van der Waals surface area contributed by atoms with Gasteiger partial charge in [-0.1, -0.05) is 0 Å². The number of likely N-dealkylation sites (N-methyl/N-ethyl adjacent to an activating group) is 1. The largest absolute Gasteiger partial charge is 0.481 e. The third kappa shape index (κ3) is 3.93. The smallest absolute Gasteiger partial charge is 0.315 e. The van der Waals surface area contributed by atoms with Gasteiger partial charge in [0.1, 0.15) is 11.5 Å². The number of nitrogens with one attached hydrogen (secondary N) is 1. The fraction of sp³-hybridized carbons (Fsp3) is 0.643. The third-order valence-electron chi connectivity index (χ3n) is 3.46. The van der Waals surface area contributed by atoms with E-state index in [0.717, 1.165) is 0 Å². The molecule has 7 heteroatoms. The minimum Gasteiger partial charge on any atom is -0.481 e. The zero-order valence-electron chi connectivity index (χ0n) is 13.1. The maximum Gasteiger partial charge on any atom is 0.315 e. The van der Waals surface area contributed by atoms with Gasteiger partial charge < -0.3 is 15.3 Å². The number of carboxylic acids is 1. The first kappa shape index (κ1) is 17.4. The number of rotatable bonds is 7. The van der Waals surface area contributed by atoms with E-state index in [1.165, 1.54) is 11.3 Å². The minimum absolute atomic E-state index is 0.00856. The van der Waals surface area contributed by atoms with Crippen LogP contribution in [0.4, 0.5) is 5.13 Å². The molecule has 1 unspecified atom stereocenters. The number of nitrogens with zero attached hydrogens (tertiary/aromatic N) is 2. The first-order chi connectivity index (χ1) is 9.73. The minimum atomic E-state index is -1.04. The molecule has 0 spiro atoms. The van der Waals surface area contributed by atoms with Crippen molar-refractivity contribution in [1.29, 1.82) is 0 Å². The van der Waals surface area contributed by atoms with Gasteiger partial charge in [-0.2, -0.15) is 0 Å². The summed E-state index contributed by atoms with van der Waals surface area (Å²) >= 11 is 1.31. The van der Waals surface area contributed by atoms with E-state index in [1.54, 1.807) is 31.1 Å². The average Bonchev–Trinajstić information content (AvgIpc) is 2.88. The van der Waals surface area contributed by atoms with Gasteiger partial charge in [0.05, 0.1) is 5.69 Å². The molecule has 0 radical (unpaired) electrons. The lowest BCUT2D eigenvalue weighted by Gasteiger charge is -2.23. The van der Waals surface area contributed by atoms with Gasteiger partial charge in [-0.15, -0.1) is 11.3 Å². The zero-order chi connectivity index (χ0) is 16.2. The molecule has 0 aliphatic carbocycles. The van der Waals surface area contributed by atoms with E-state index in [-0.39, 0.29) is 5.91 Å². The molecule has 0 fully saturated rings. The highest BCUT2D eigenvalue weighted by Crippen LogP contribution is 2.27. The van der Waals surface area contributed by atoms with Gasteiger partial charge in [0.25, 0.3) is 0 Å². The number of thiazole rings is 1. The summed E-state index contributed by atoms with van der Waals surface area (Å²) in [7, 11) is 0. The van der Waals surface area contributed by atoms with Crippen LogP contribution < -0.4 is 5.32 Å². The van der Waals surface area contributed by atoms with Crippen LogP contribution in [0.1, 0.15) is 40.3 Å². The zero-order valence-corrected chi connectivity index (χ0v) is 14.0. The standard InChI is InChI=1S/C14H23N3O3S/c1-6-17(7-2)11(18)9(3)15-13-16-10(8-21-13)14(4,5)12(19)20/h8-9H,6-7H2,1-5H3,(H,15,16)(H,19,20). The van der Waals surface area contributed by atoms with Crippen LogP contribution in [0.25, 0.3) is 0 Å². The fourth-order valence-corrected chi connectivity index (χ4v) is 2.76. The first-order valence-electron chi connectivity index (χ1n) is 6.98. The predicted molar refractivity (Wildman–Crippen MR) is 83.8 cm³/mol. The van der Waals surface area contributed by atoms with Crippen molar-refractivity contribution in [3.05, 3.63) is 11.1 Å². The molecule has 1 heterocycles. The number of hydrogen-bond acceptors (Lipinski definition) is 5. The van der Waals surface area contributed by atoms with Crippen LogP contribution in [0.2, 0.25) is 0 Å². The lowest BCUT2D eigenvalue weighted by molar-refractivity contribution is -0.142. The van der Waals surface area contributed by atoms with Gasteiger partial charge in [0.15, 0.2) is 5.13 Å². The summed E-state index contributed by atoms with van der Waals surface area (Å²) in [6.07, 6.45) is 0. The number of hydrogen-bond donors (Lipinski definition) is 2. The Labute approximate surface area is 129 Å². The summed E-state index contributed by atoms with van der Waals surface area (Å²) in [5.41, 5.74) is -0.548. The summed E-state index contributed by atoms with van der Waals surface area (Å²) in [6.45, 7) is 10.2. The van der Waals surface area contributed by atoms with E-state index in [2.05, 4.69) is 10.3 Å². The second-order valence-electron chi connectivity index (χ2n) is 5.34. The van der Waals surface area contributed by atoms with E-state index in [4.69, 9.17) is 0 Å². The number of carbonyl (C=O) groups is 2. The molecule has 0 aliphatic rings. The molecule has 21 heavy (non-hydrogen) atoms. The molecule has 6 nitrogen and oxygen atoms in total. The lowest BCUT2D eigenvalue weighted by atomic mass is 9.90. The second-order valence-corrected chi connectivity index (χ2v) is 6.20. The Morgan fingerprint density at radius 1 is 1.43 bits per heavy atom. The molecule has 2 N–H and O–H groups in total. The van der Waals surface area contributed by atoms with Crippen molar-refractivity contribution in [1.82, 2.24) is 9.88 Å². The van der Waals surface area contributed by atoms with Crippen LogP contribution >= 0.6 is 11.3 Å². The summed E-state index contributed by atoms with van der Waals surface area (Å²) in [6, 6.07) is -0.392. The van der Waals surface area contributed by atoms with Gasteiger partial charge in [-0.3, -0.25) is 9.59 Å².